The molecule has 38 heavy (non-hydrogen) atoms. The second kappa shape index (κ2) is 11.9. The van der Waals surface area contributed by atoms with Crippen molar-refractivity contribution < 1.29 is 24.1 Å². The van der Waals surface area contributed by atoms with Crippen molar-refractivity contribution in [2.75, 3.05) is 14.2 Å². The monoisotopic (exact) mass is 518 g/mol. The fraction of sp³-hybridized carbons (Fsp3) is 0.367. The maximum atomic E-state index is 13.6. The summed E-state index contributed by atoms with van der Waals surface area (Å²) in [6, 6.07) is 13.1. The maximum Gasteiger partial charge on any atom is 0.271 e. The van der Waals surface area contributed by atoms with E-state index in [2.05, 4.69) is 0 Å². The van der Waals surface area contributed by atoms with Gasteiger partial charge in [0.2, 0.25) is 11.7 Å². The summed E-state index contributed by atoms with van der Waals surface area (Å²) in [4.78, 5) is 26.6. The molecule has 1 heterocycles. The van der Waals surface area contributed by atoms with E-state index in [-0.39, 0.29) is 29.2 Å². The number of hydrogen-bond donors (Lipinski definition) is 1. The van der Waals surface area contributed by atoms with Gasteiger partial charge in [0.25, 0.3) is 5.56 Å². The van der Waals surface area contributed by atoms with Gasteiger partial charge in [0.1, 0.15) is 17.4 Å². The topological polar surface area (TPSA) is 111 Å². The molecule has 3 aromatic rings. The third-order valence-electron chi connectivity index (χ3n) is 6.58. The molecule has 1 N–H and O–H groups in total. The first-order chi connectivity index (χ1) is 18.0. The number of carbonyl (C=O) groups is 1. The summed E-state index contributed by atoms with van der Waals surface area (Å²) in [5.74, 6) is 0.844. The van der Waals surface area contributed by atoms with E-state index in [4.69, 9.17) is 14.2 Å². The minimum atomic E-state index is -0.970. The number of ether oxygens (including phenoxy) is 3. The van der Waals surface area contributed by atoms with Crippen LogP contribution in [0.3, 0.4) is 0 Å². The Kier molecular flexibility index (Phi) is 8.84. The number of hydrogen-bond acceptors (Lipinski definition) is 7. The first-order valence-electron chi connectivity index (χ1n) is 12.4. The Labute approximate surface area is 223 Å². The number of aromatic hydroxyl groups is 1. The number of aromatic nitrogens is 1. The van der Waals surface area contributed by atoms with Gasteiger partial charge in [-0.1, -0.05) is 32.0 Å². The lowest BCUT2D eigenvalue weighted by molar-refractivity contribution is 0.0810. The summed E-state index contributed by atoms with van der Waals surface area (Å²) >= 11 is 0. The summed E-state index contributed by atoms with van der Waals surface area (Å²) in [6.45, 7) is 9.14. The molecule has 1 unspecified atom stereocenters. The number of ketones is 1. The molecule has 3 rings (SSSR count). The van der Waals surface area contributed by atoms with E-state index < -0.39 is 23.3 Å². The molecule has 8 heteroatoms. The van der Waals surface area contributed by atoms with Gasteiger partial charge < -0.3 is 19.3 Å². The average Bonchev–Trinajstić information content (AvgIpc) is 2.88. The van der Waals surface area contributed by atoms with Gasteiger partial charge in [0.05, 0.1) is 19.8 Å². The number of rotatable bonds is 10. The molecule has 0 bridgehead atoms. The zero-order chi connectivity index (χ0) is 28.1. The smallest absolute Gasteiger partial charge is 0.271 e. The van der Waals surface area contributed by atoms with Crippen molar-refractivity contribution in [2.45, 2.75) is 59.6 Å². The highest BCUT2D eigenvalue weighted by molar-refractivity contribution is 6.03. The zero-order valence-electron chi connectivity index (χ0n) is 22.9. The van der Waals surface area contributed by atoms with Crippen molar-refractivity contribution >= 4 is 5.78 Å². The molecule has 1 atom stereocenters. The Hall–Kier alpha value is -4.25. The van der Waals surface area contributed by atoms with Crippen LogP contribution in [0.4, 0.5) is 0 Å². The molecule has 0 aliphatic carbocycles. The highest BCUT2D eigenvalue weighted by Crippen LogP contribution is 2.31. The lowest BCUT2D eigenvalue weighted by Crippen LogP contribution is -2.31. The van der Waals surface area contributed by atoms with E-state index in [1.165, 1.54) is 21.1 Å². The van der Waals surface area contributed by atoms with E-state index in [1.54, 1.807) is 19.1 Å². The molecule has 0 saturated heterocycles. The molecule has 8 nitrogen and oxygen atoms in total. The van der Waals surface area contributed by atoms with E-state index in [0.29, 0.717) is 23.7 Å². The Morgan fingerprint density at radius 1 is 1.03 bits per heavy atom. The summed E-state index contributed by atoms with van der Waals surface area (Å²) in [7, 11) is 3.07. The molecule has 0 fully saturated rings. The fourth-order valence-corrected chi connectivity index (χ4v) is 4.40. The summed E-state index contributed by atoms with van der Waals surface area (Å²) in [5.41, 5.74) is 1.94. The third-order valence-corrected chi connectivity index (χ3v) is 6.58. The van der Waals surface area contributed by atoms with Gasteiger partial charge in [-0.3, -0.25) is 14.2 Å². The second-order valence-electron chi connectivity index (χ2n) is 9.53. The number of aryl methyl sites for hydroxylation is 2. The molecular weight excluding hydrogens is 484 g/mol. The normalized spacial score (nSPS) is 11.7. The van der Waals surface area contributed by atoms with E-state index in [9.17, 15) is 20.0 Å². The zero-order valence-corrected chi connectivity index (χ0v) is 22.9. The van der Waals surface area contributed by atoms with Crippen molar-refractivity contribution in [1.29, 1.82) is 5.26 Å². The highest BCUT2D eigenvalue weighted by atomic mass is 16.5. The molecule has 0 amide bonds. The maximum absolute atomic E-state index is 13.6. The van der Waals surface area contributed by atoms with Crippen LogP contribution in [0, 0.1) is 25.2 Å². The largest absolute Gasteiger partial charge is 0.494 e. The molecule has 0 aliphatic rings. The van der Waals surface area contributed by atoms with Gasteiger partial charge in [-0.15, -0.1) is 0 Å². The lowest BCUT2D eigenvalue weighted by Gasteiger charge is -2.21. The van der Waals surface area contributed by atoms with Gasteiger partial charge in [-0.05, 0) is 73.6 Å². The Balaban J connectivity index is 1.99. The minimum absolute atomic E-state index is 0.0417. The number of nitriles is 1. The average molecular weight is 519 g/mol. The minimum Gasteiger partial charge on any atom is -0.494 e. The van der Waals surface area contributed by atoms with E-state index >= 15 is 0 Å². The number of methoxy groups -OCH3 is 2. The van der Waals surface area contributed by atoms with Crippen LogP contribution in [0.5, 0.6) is 23.1 Å². The van der Waals surface area contributed by atoms with Crippen LogP contribution in [0.25, 0.3) is 0 Å². The van der Waals surface area contributed by atoms with Gasteiger partial charge in [0, 0.05) is 6.54 Å². The van der Waals surface area contributed by atoms with E-state index in [1.807, 2.05) is 51.1 Å². The van der Waals surface area contributed by atoms with Gasteiger partial charge in [0.15, 0.2) is 17.6 Å². The van der Waals surface area contributed by atoms with Crippen LogP contribution < -0.4 is 19.8 Å². The number of nitrogens with zero attached hydrogens (tertiary/aromatic N) is 2. The predicted molar refractivity (Wildman–Crippen MR) is 145 cm³/mol. The Morgan fingerprint density at radius 3 is 2.32 bits per heavy atom. The lowest BCUT2D eigenvalue weighted by atomic mass is 9.98. The van der Waals surface area contributed by atoms with Crippen LogP contribution >= 0.6 is 0 Å². The van der Waals surface area contributed by atoms with Crippen LogP contribution in [0.2, 0.25) is 0 Å². The Morgan fingerprint density at radius 2 is 1.71 bits per heavy atom. The summed E-state index contributed by atoms with van der Waals surface area (Å²) in [6.07, 6.45) is -0.634. The van der Waals surface area contributed by atoms with Crippen LogP contribution in [-0.4, -0.2) is 35.8 Å². The van der Waals surface area contributed by atoms with Crippen molar-refractivity contribution in [2.24, 2.45) is 0 Å². The fourth-order valence-electron chi connectivity index (χ4n) is 4.40. The molecule has 200 valence electrons. The van der Waals surface area contributed by atoms with Gasteiger partial charge in [-0.25, -0.2) is 0 Å². The summed E-state index contributed by atoms with van der Waals surface area (Å²) < 4.78 is 17.7. The first-order valence-corrected chi connectivity index (χ1v) is 12.4. The number of pyridine rings is 1. The number of carbonyl (C=O) groups excluding carboxylic acids is 1. The van der Waals surface area contributed by atoms with Crippen molar-refractivity contribution in [1.82, 2.24) is 4.57 Å². The molecule has 0 radical (unpaired) electrons. The first kappa shape index (κ1) is 28.3. The number of Topliss-reactive ketones (excluding diaryl/α,β-unsaturated/α-hetero) is 1. The van der Waals surface area contributed by atoms with Crippen LogP contribution in [-0.2, 0) is 13.0 Å². The van der Waals surface area contributed by atoms with Crippen molar-refractivity contribution in [3.05, 3.63) is 80.1 Å². The molecule has 0 aliphatic heterocycles. The van der Waals surface area contributed by atoms with Crippen LogP contribution in [0.1, 0.15) is 64.9 Å². The van der Waals surface area contributed by atoms with E-state index in [0.717, 1.165) is 21.3 Å². The second-order valence-corrected chi connectivity index (χ2v) is 9.53. The quantitative estimate of drug-likeness (QED) is 0.373. The van der Waals surface area contributed by atoms with Crippen LogP contribution in [0.15, 0.2) is 41.2 Å². The standard InChI is InChI=1S/C30H34N2O6/c1-17(2)22-10-8-18(3)14-25(22)38-20(5)28(33)27-19(4)23(16-31)29(34)32(30(27)35)13-12-21-9-11-24(36-6)26(15-21)37-7/h8-11,14-15,17,20,35H,12-13H2,1-7H3. The molecular formula is C30H34N2O6. The predicted octanol–water partition coefficient (Wildman–Crippen LogP) is 5.08. The van der Waals surface area contributed by atoms with Crippen molar-refractivity contribution in [3.8, 4) is 29.2 Å². The van der Waals surface area contributed by atoms with Crippen molar-refractivity contribution in [3.63, 3.8) is 0 Å². The van der Waals surface area contributed by atoms with Gasteiger partial charge in [-0.2, -0.15) is 5.26 Å². The summed E-state index contributed by atoms with van der Waals surface area (Å²) in [5, 5.41) is 20.9. The molecule has 0 spiro atoms. The molecule has 1 aromatic heterocycles. The van der Waals surface area contributed by atoms with Gasteiger partial charge >= 0.3 is 0 Å². The SMILES string of the molecule is COc1ccc(CCn2c(O)c(C(=O)C(C)Oc3cc(C)ccc3C(C)C)c(C)c(C#N)c2=O)cc1OC. The third kappa shape index (κ3) is 5.67. The Bertz CT molecular complexity index is 1450. The highest BCUT2D eigenvalue weighted by Gasteiger charge is 2.28. The molecule has 0 saturated carbocycles. The number of benzene rings is 2. The molecule has 2 aromatic carbocycles.